The summed E-state index contributed by atoms with van der Waals surface area (Å²) >= 11 is 1.89. The molecule has 0 saturated heterocycles. The lowest BCUT2D eigenvalue weighted by molar-refractivity contribution is 0.501. The molecule has 18 heavy (non-hydrogen) atoms. The molecule has 1 heterocycles. The van der Waals surface area contributed by atoms with Crippen LogP contribution in [0.3, 0.4) is 0 Å². The lowest BCUT2D eigenvalue weighted by atomic mass is 9.98. The van der Waals surface area contributed by atoms with Crippen molar-refractivity contribution >= 4 is 16.5 Å². The molecule has 1 N–H and O–H groups in total. The minimum absolute atomic E-state index is 0.526. The van der Waals surface area contributed by atoms with Gasteiger partial charge >= 0.3 is 0 Å². The summed E-state index contributed by atoms with van der Waals surface area (Å²) < 4.78 is 0. The van der Waals surface area contributed by atoms with Gasteiger partial charge in [-0.1, -0.05) is 25.2 Å². The van der Waals surface area contributed by atoms with Crippen molar-refractivity contribution in [2.45, 2.75) is 46.1 Å². The molecule has 0 radical (unpaired) electrons. The Bertz CT molecular complexity index is 386. The lowest BCUT2D eigenvalue weighted by Crippen LogP contribution is -2.27. The second-order valence-corrected chi connectivity index (χ2v) is 6.48. The van der Waals surface area contributed by atoms with Crippen LogP contribution in [0.1, 0.15) is 50.2 Å². The van der Waals surface area contributed by atoms with E-state index in [1.54, 1.807) is 0 Å². The highest BCUT2D eigenvalue weighted by atomic mass is 32.1. The topological polar surface area (TPSA) is 28.2 Å². The van der Waals surface area contributed by atoms with Crippen LogP contribution in [0.15, 0.2) is 0 Å². The van der Waals surface area contributed by atoms with E-state index in [9.17, 15) is 0 Å². The fourth-order valence-electron chi connectivity index (χ4n) is 2.60. The monoisotopic (exact) mass is 267 g/mol. The van der Waals surface area contributed by atoms with E-state index in [1.165, 1.54) is 28.5 Å². The molecular weight excluding hydrogens is 242 g/mol. The first-order chi connectivity index (χ1) is 8.65. The van der Waals surface area contributed by atoms with Gasteiger partial charge in [0.05, 0.1) is 5.69 Å². The van der Waals surface area contributed by atoms with E-state index in [0.29, 0.717) is 12.0 Å². The summed E-state index contributed by atoms with van der Waals surface area (Å²) in [6.07, 6.45) is 3.67. The molecule has 4 heteroatoms. The van der Waals surface area contributed by atoms with E-state index in [1.807, 2.05) is 11.3 Å². The van der Waals surface area contributed by atoms with Crippen molar-refractivity contribution in [3.63, 3.8) is 0 Å². The van der Waals surface area contributed by atoms with E-state index in [0.717, 1.165) is 19.5 Å². The Hall–Kier alpha value is -0.610. The molecule has 1 unspecified atom stereocenters. The minimum atomic E-state index is 0.526. The fraction of sp³-hybridized carbons (Fsp3) is 0.786. The highest BCUT2D eigenvalue weighted by Crippen LogP contribution is 2.37. The number of nitrogens with zero attached hydrogens (tertiary/aromatic N) is 2. The first-order valence-corrected chi connectivity index (χ1v) is 7.89. The first kappa shape index (κ1) is 13.8. The number of nitrogens with one attached hydrogen (secondary N) is 1. The highest BCUT2D eigenvalue weighted by molar-refractivity contribution is 7.15. The summed E-state index contributed by atoms with van der Waals surface area (Å²) in [6, 6.07) is 0.526. The fourth-order valence-corrected chi connectivity index (χ4v) is 3.93. The zero-order valence-electron chi connectivity index (χ0n) is 12.0. The first-order valence-electron chi connectivity index (χ1n) is 7.07. The minimum Gasteiger partial charge on any atom is -0.348 e. The number of rotatable bonds is 5. The molecule has 0 aromatic carbocycles. The third kappa shape index (κ3) is 2.86. The van der Waals surface area contributed by atoms with Gasteiger partial charge in [-0.25, -0.2) is 4.98 Å². The van der Waals surface area contributed by atoms with Gasteiger partial charge < -0.3 is 10.2 Å². The van der Waals surface area contributed by atoms with Gasteiger partial charge in [0.1, 0.15) is 0 Å². The lowest BCUT2D eigenvalue weighted by Gasteiger charge is -2.21. The number of aromatic nitrogens is 1. The van der Waals surface area contributed by atoms with Crippen molar-refractivity contribution in [3.05, 3.63) is 10.6 Å². The van der Waals surface area contributed by atoms with E-state index < -0.39 is 0 Å². The zero-order valence-corrected chi connectivity index (χ0v) is 12.8. The molecule has 102 valence electrons. The highest BCUT2D eigenvalue weighted by Gasteiger charge is 2.24. The summed E-state index contributed by atoms with van der Waals surface area (Å²) in [5.41, 5.74) is 1.34. The summed E-state index contributed by atoms with van der Waals surface area (Å²) in [4.78, 5) is 8.77. The zero-order chi connectivity index (χ0) is 13.1. The third-order valence-corrected chi connectivity index (χ3v) is 4.80. The van der Waals surface area contributed by atoms with Crippen LogP contribution in [-0.4, -0.2) is 25.1 Å². The molecule has 0 fully saturated rings. The van der Waals surface area contributed by atoms with Crippen molar-refractivity contribution in [1.29, 1.82) is 0 Å². The molecule has 0 saturated carbocycles. The van der Waals surface area contributed by atoms with Crippen LogP contribution < -0.4 is 10.2 Å². The van der Waals surface area contributed by atoms with Crippen molar-refractivity contribution in [1.82, 2.24) is 10.3 Å². The Kier molecular flexibility index (Phi) is 4.62. The van der Waals surface area contributed by atoms with Gasteiger partial charge in [-0.3, -0.25) is 0 Å². The van der Waals surface area contributed by atoms with Crippen LogP contribution >= 0.6 is 11.3 Å². The van der Waals surface area contributed by atoms with Gasteiger partial charge in [0.2, 0.25) is 0 Å². The molecule has 0 amide bonds. The smallest absolute Gasteiger partial charge is 0.185 e. The molecule has 1 aliphatic carbocycles. The summed E-state index contributed by atoms with van der Waals surface area (Å²) in [6.45, 7) is 8.92. The number of aryl methyl sites for hydroxylation is 1. The van der Waals surface area contributed by atoms with Crippen molar-refractivity contribution < 1.29 is 0 Å². The number of thiazole rings is 1. The Morgan fingerprint density at radius 2 is 2.28 bits per heavy atom. The molecule has 0 bridgehead atoms. The molecule has 0 aliphatic heterocycles. The number of hydrogen-bond donors (Lipinski definition) is 1. The van der Waals surface area contributed by atoms with Crippen LogP contribution in [0.2, 0.25) is 0 Å². The predicted octanol–water partition coefficient (Wildman–Crippen LogP) is 3.22. The molecule has 1 atom stereocenters. The third-order valence-electron chi connectivity index (χ3n) is 3.53. The predicted molar refractivity (Wildman–Crippen MR) is 79.6 cm³/mol. The Morgan fingerprint density at radius 1 is 1.50 bits per heavy atom. The maximum Gasteiger partial charge on any atom is 0.185 e. The number of hydrogen-bond acceptors (Lipinski definition) is 4. The molecule has 0 spiro atoms. The van der Waals surface area contributed by atoms with E-state index >= 15 is 0 Å². The summed E-state index contributed by atoms with van der Waals surface area (Å²) in [5, 5.41) is 4.64. The molecule has 3 nitrogen and oxygen atoms in total. The van der Waals surface area contributed by atoms with Gasteiger partial charge in [-0.05, 0) is 39.2 Å². The number of fused-ring (bicyclic) bond motifs is 1. The van der Waals surface area contributed by atoms with Gasteiger partial charge in [-0.2, -0.15) is 0 Å². The summed E-state index contributed by atoms with van der Waals surface area (Å²) in [5.74, 6) is 0.686. The van der Waals surface area contributed by atoms with Crippen LogP contribution in [0.4, 0.5) is 5.13 Å². The maximum atomic E-state index is 4.88. The van der Waals surface area contributed by atoms with Crippen LogP contribution in [-0.2, 0) is 6.42 Å². The van der Waals surface area contributed by atoms with Crippen molar-refractivity contribution in [2.75, 3.05) is 25.0 Å². The number of anilines is 1. The standard InChI is InChI=1S/C14H25N3S/c1-5-17(9-10(2)3)14-16-12-8-6-7-11(15-4)13(12)18-14/h10-11,15H,5-9H2,1-4H3. The second-order valence-electron chi connectivity index (χ2n) is 5.47. The van der Waals surface area contributed by atoms with Gasteiger partial charge in [0.25, 0.3) is 0 Å². The van der Waals surface area contributed by atoms with Crippen molar-refractivity contribution in [2.24, 2.45) is 5.92 Å². The van der Waals surface area contributed by atoms with Crippen molar-refractivity contribution in [3.8, 4) is 0 Å². The second kappa shape index (κ2) is 6.02. The molecule has 1 aliphatic rings. The Labute approximate surface area is 115 Å². The average molecular weight is 267 g/mol. The van der Waals surface area contributed by atoms with Crippen LogP contribution in [0.5, 0.6) is 0 Å². The maximum absolute atomic E-state index is 4.88. The molecule has 1 aromatic heterocycles. The van der Waals surface area contributed by atoms with Gasteiger partial charge in [-0.15, -0.1) is 0 Å². The van der Waals surface area contributed by atoms with E-state index in [2.05, 4.69) is 38.0 Å². The molecular formula is C14H25N3S. The average Bonchev–Trinajstić information content (AvgIpc) is 2.78. The van der Waals surface area contributed by atoms with E-state index in [-0.39, 0.29) is 0 Å². The normalized spacial score (nSPS) is 19.1. The summed E-state index contributed by atoms with van der Waals surface area (Å²) in [7, 11) is 2.06. The SMILES string of the molecule is CCN(CC(C)C)c1nc2c(s1)C(NC)CCC2. The Morgan fingerprint density at radius 3 is 2.89 bits per heavy atom. The van der Waals surface area contributed by atoms with Crippen LogP contribution in [0, 0.1) is 5.92 Å². The molecule has 2 rings (SSSR count). The quantitative estimate of drug-likeness (QED) is 0.888. The van der Waals surface area contributed by atoms with Crippen LogP contribution in [0.25, 0.3) is 0 Å². The van der Waals surface area contributed by atoms with E-state index in [4.69, 9.17) is 4.98 Å². The largest absolute Gasteiger partial charge is 0.348 e. The molecule has 1 aromatic rings. The van der Waals surface area contributed by atoms with Gasteiger partial charge in [0, 0.05) is 24.0 Å². The Balaban J connectivity index is 2.21. The van der Waals surface area contributed by atoms with Gasteiger partial charge in [0.15, 0.2) is 5.13 Å².